The maximum absolute atomic E-state index is 12.6. The normalized spacial score (nSPS) is 11.5. The molecule has 8 heteroatoms. The van der Waals surface area contributed by atoms with E-state index in [1.165, 1.54) is 18.3 Å². The Kier molecular flexibility index (Phi) is 5.81. The van der Waals surface area contributed by atoms with Crippen molar-refractivity contribution in [2.24, 2.45) is 5.10 Å². The van der Waals surface area contributed by atoms with Gasteiger partial charge in [-0.2, -0.15) is 18.3 Å². The maximum Gasteiger partial charge on any atom is 0.416 e. The van der Waals surface area contributed by atoms with Crippen LogP contribution in [0.15, 0.2) is 53.6 Å². The molecule has 24 heavy (non-hydrogen) atoms. The van der Waals surface area contributed by atoms with Gasteiger partial charge in [0.25, 0.3) is 5.91 Å². The lowest BCUT2D eigenvalue weighted by atomic mass is 10.2. The van der Waals surface area contributed by atoms with Gasteiger partial charge in [-0.15, -0.1) is 0 Å². The number of anilines is 1. The molecule has 126 valence electrons. The van der Waals surface area contributed by atoms with Gasteiger partial charge in [0.15, 0.2) is 0 Å². The van der Waals surface area contributed by atoms with Crippen molar-refractivity contribution in [1.82, 2.24) is 5.43 Å². The van der Waals surface area contributed by atoms with E-state index in [9.17, 15) is 18.0 Å². The second-order valence-corrected chi connectivity index (χ2v) is 5.22. The van der Waals surface area contributed by atoms with E-state index in [-0.39, 0.29) is 12.2 Å². The first-order valence-corrected chi connectivity index (χ1v) is 7.21. The molecular weight excluding hydrogens is 343 g/mol. The fraction of sp³-hybridized carbons (Fsp3) is 0.125. The number of benzene rings is 2. The summed E-state index contributed by atoms with van der Waals surface area (Å²) in [7, 11) is 0. The summed E-state index contributed by atoms with van der Waals surface area (Å²) in [5.41, 5.74) is 2.38. The Morgan fingerprint density at radius 2 is 1.92 bits per heavy atom. The summed E-state index contributed by atoms with van der Waals surface area (Å²) in [5, 5.41) is 6.89. The summed E-state index contributed by atoms with van der Waals surface area (Å²) in [6.45, 7) is -0.214. The van der Waals surface area contributed by atoms with Gasteiger partial charge in [0, 0.05) is 10.7 Å². The van der Waals surface area contributed by atoms with Crippen molar-refractivity contribution < 1.29 is 18.0 Å². The van der Waals surface area contributed by atoms with E-state index in [0.29, 0.717) is 10.6 Å². The van der Waals surface area contributed by atoms with Crippen LogP contribution in [0.2, 0.25) is 5.02 Å². The fourth-order valence-corrected chi connectivity index (χ4v) is 1.99. The van der Waals surface area contributed by atoms with Crippen LogP contribution in [0.1, 0.15) is 11.1 Å². The molecule has 1 amide bonds. The minimum atomic E-state index is -4.43. The number of amides is 1. The van der Waals surface area contributed by atoms with Gasteiger partial charge in [0.05, 0.1) is 18.3 Å². The number of alkyl halides is 3. The highest BCUT2D eigenvalue weighted by Crippen LogP contribution is 2.30. The van der Waals surface area contributed by atoms with Crippen molar-refractivity contribution in [1.29, 1.82) is 0 Å². The highest BCUT2D eigenvalue weighted by Gasteiger charge is 2.30. The van der Waals surface area contributed by atoms with Crippen molar-refractivity contribution >= 4 is 29.4 Å². The molecule has 0 radical (unpaired) electrons. The van der Waals surface area contributed by atoms with Crippen molar-refractivity contribution in [3.63, 3.8) is 0 Å². The van der Waals surface area contributed by atoms with Crippen LogP contribution >= 0.6 is 11.6 Å². The second-order valence-electron chi connectivity index (χ2n) is 4.78. The number of nitrogens with one attached hydrogen (secondary N) is 2. The molecule has 2 N–H and O–H groups in total. The van der Waals surface area contributed by atoms with E-state index < -0.39 is 17.6 Å². The summed E-state index contributed by atoms with van der Waals surface area (Å²) in [6.07, 6.45) is -3.02. The van der Waals surface area contributed by atoms with E-state index in [2.05, 4.69) is 15.8 Å². The predicted molar refractivity (Wildman–Crippen MR) is 87.1 cm³/mol. The predicted octanol–water partition coefficient (Wildman–Crippen LogP) is 3.92. The van der Waals surface area contributed by atoms with Gasteiger partial charge in [0.1, 0.15) is 0 Å². The molecule has 2 aromatic rings. The molecule has 0 aliphatic rings. The summed E-state index contributed by atoms with van der Waals surface area (Å²) in [4.78, 5) is 11.6. The lowest BCUT2D eigenvalue weighted by Crippen LogP contribution is -2.26. The first kappa shape index (κ1) is 17.8. The fourth-order valence-electron chi connectivity index (χ4n) is 1.79. The average molecular weight is 356 g/mol. The van der Waals surface area contributed by atoms with Crippen molar-refractivity contribution in [3.8, 4) is 0 Å². The van der Waals surface area contributed by atoms with E-state index in [0.717, 1.165) is 12.1 Å². The third-order valence-corrected chi connectivity index (χ3v) is 3.13. The van der Waals surface area contributed by atoms with Gasteiger partial charge < -0.3 is 5.32 Å². The topological polar surface area (TPSA) is 53.5 Å². The maximum atomic E-state index is 12.6. The minimum Gasteiger partial charge on any atom is -0.376 e. The first-order valence-electron chi connectivity index (χ1n) is 6.83. The minimum absolute atomic E-state index is 0.193. The lowest BCUT2D eigenvalue weighted by molar-refractivity contribution is -0.137. The Hall–Kier alpha value is -2.54. The Labute approximate surface area is 141 Å². The highest BCUT2D eigenvalue weighted by molar-refractivity contribution is 6.30. The van der Waals surface area contributed by atoms with E-state index in [1.807, 2.05) is 0 Å². The Bertz CT molecular complexity index is 747. The number of nitrogens with zero attached hydrogens (tertiary/aromatic N) is 1. The number of halogens is 4. The molecule has 0 saturated carbocycles. The smallest absolute Gasteiger partial charge is 0.376 e. The molecule has 0 aliphatic heterocycles. The van der Waals surface area contributed by atoms with E-state index in [1.54, 1.807) is 24.3 Å². The molecule has 0 fully saturated rings. The molecule has 0 saturated heterocycles. The number of hydrogen-bond donors (Lipinski definition) is 2. The molecule has 0 spiro atoms. The van der Waals surface area contributed by atoms with Gasteiger partial charge in [-0.25, -0.2) is 5.43 Å². The zero-order valence-electron chi connectivity index (χ0n) is 12.3. The number of carbonyl (C=O) groups is 1. The van der Waals surface area contributed by atoms with Gasteiger partial charge in [-0.1, -0.05) is 29.8 Å². The Morgan fingerprint density at radius 1 is 1.17 bits per heavy atom. The quantitative estimate of drug-likeness (QED) is 0.631. The van der Waals surface area contributed by atoms with Crippen LogP contribution in [0, 0.1) is 0 Å². The van der Waals surface area contributed by atoms with Crippen LogP contribution < -0.4 is 10.7 Å². The van der Waals surface area contributed by atoms with Crippen LogP contribution in [0.25, 0.3) is 0 Å². The number of rotatable bonds is 5. The molecule has 0 unspecified atom stereocenters. The largest absolute Gasteiger partial charge is 0.416 e. The average Bonchev–Trinajstić information content (AvgIpc) is 2.52. The molecule has 4 nitrogen and oxygen atoms in total. The molecule has 0 bridgehead atoms. The Morgan fingerprint density at radius 3 is 2.62 bits per heavy atom. The van der Waals surface area contributed by atoms with Crippen molar-refractivity contribution in [3.05, 3.63) is 64.7 Å². The number of carbonyl (C=O) groups excluding carboxylic acids is 1. The monoisotopic (exact) mass is 355 g/mol. The van der Waals surface area contributed by atoms with Crippen LogP contribution in [-0.2, 0) is 11.0 Å². The Balaban J connectivity index is 1.85. The first-order chi connectivity index (χ1) is 11.3. The number of hydrazone groups is 1. The lowest BCUT2D eigenvalue weighted by Gasteiger charge is -2.10. The second kappa shape index (κ2) is 7.83. The third-order valence-electron chi connectivity index (χ3n) is 2.89. The van der Waals surface area contributed by atoms with Crippen LogP contribution in [-0.4, -0.2) is 18.7 Å². The zero-order valence-corrected chi connectivity index (χ0v) is 13.0. The zero-order chi connectivity index (χ0) is 17.6. The molecule has 0 atom stereocenters. The van der Waals surface area contributed by atoms with Crippen LogP contribution in [0.3, 0.4) is 0 Å². The van der Waals surface area contributed by atoms with Gasteiger partial charge in [-0.3, -0.25) is 4.79 Å². The summed E-state index contributed by atoms with van der Waals surface area (Å²) >= 11 is 5.81. The van der Waals surface area contributed by atoms with Gasteiger partial charge >= 0.3 is 6.18 Å². The van der Waals surface area contributed by atoms with Crippen LogP contribution in [0.4, 0.5) is 18.9 Å². The summed E-state index contributed by atoms with van der Waals surface area (Å²) in [5.74, 6) is -0.495. The molecule has 0 aliphatic carbocycles. The van der Waals surface area contributed by atoms with E-state index >= 15 is 0 Å². The van der Waals surface area contributed by atoms with Gasteiger partial charge in [0.2, 0.25) is 0 Å². The summed E-state index contributed by atoms with van der Waals surface area (Å²) in [6, 6.07) is 11.5. The van der Waals surface area contributed by atoms with Crippen molar-refractivity contribution in [2.45, 2.75) is 6.18 Å². The SMILES string of the molecule is O=C(CNc1cccc(C(F)(F)F)c1)N/N=C\c1cccc(Cl)c1. The van der Waals surface area contributed by atoms with Crippen molar-refractivity contribution in [2.75, 3.05) is 11.9 Å². The molecule has 0 heterocycles. The number of hydrogen-bond acceptors (Lipinski definition) is 3. The third kappa shape index (κ3) is 5.58. The molecule has 2 rings (SSSR count). The molecule has 2 aromatic carbocycles. The molecule has 0 aromatic heterocycles. The van der Waals surface area contributed by atoms with Gasteiger partial charge in [-0.05, 0) is 35.9 Å². The summed E-state index contributed by atoms with van der Waals surface area (Å²) < 4.78 is 37.8. The van der Waals surface area contributed by atoms with E-state index in [4.69, 9.17) is 11.6 Å². The highest BCUT2D eigenvalue weighted by atomic mass is 35.5. The van der Waals surface area contributed by atoms with Crippen LogP contribution in [0.5, 0.6) is 0 Å². The standard InChI is InChI=1S/C16H13ClF3N3O/c17-13-5-1-3-11(7-13)9-22-23-15(24)10-21-14-6-2-4-12(8-14)16(18,19)20/h1-9,21H,10H2,(H,23,24)/b22-9-. The molecular formula is C16H13ClF3N3O.